The molecule has 0 aliphatic carbocycles. The summed E-state index contributed by atoms with van der Waals surface area (Å²) in [6.07, 6.45) is -2.09. The summed E-state index contributed by atoms with van der Waals surface area (Å²) in [5.41, 5.74) is 5.32. The molecule has 0 unspecified atom stereocenters. The van der Waals surface area contributed by atoms with E-state index in [-0.39, 0.29) is 6.04 Å². The van der Waals surface area contributed by atoms with Gasteiger partial charge in [-0.25, -0.2) is 0 Å². The number of likely N-dealkylation sites (tertiary alicyclic amines) is 1. The zero-order valence-corrected chi connectivity index (χ0v) is 12.0. The quantitative estimate of drug-likeness (QED) is 0.866. The number of rotatable bonds is 4. The van der Waals surface area contributed by atoms with E-state index < -0.39 is 11.7 Å². The average molecular weight is 304 g/mol. The highest BCUT2D eigenvalue weighted by Crippen LogP contribution is 2.31. The summed E-state index contributed by atoms with van der Waals surface area (Å²) >= 11 is 1.46. The molecule has 1 aromatic carbocycles. The van der Waals surface area contributed by atoms with Gasteiger partial charge in [-0.15, -0.1) is 11.8 Å². The topological polar surface area (TPSA) is 29.3 Å². The van der Waals surface area contributed by atoms with Crippen LogP contribution in [0, 0.1) is 0 Å². The van der Waals surface area contributed by atoms with Crippen LogP contribution in [0.5, 0.6) is 0 Å². The number of piperidine rings is 1. The molecule has 2 N–H and O–H groups in total. The number of benzene rings is 1. The minimum atomic E-state index is -4.27. The molecule has 0 radical (unpaired) electrons. The van der Waals surface area contributed by atoms with Gasteiger partial charge in [-0.2, -0.15) is 13.2 Å². The summed E-state index contributed by atoms with van der Waals surface area (Å²) in [5.74, 6) is 0.786. The molecule has 1 aliphatic rings. The van der Waals surface area contributed by atoms with Crippen LogP contribution >= 0.6 is 11.8 Å². The molecule has 112 valence electrons. The van der Waals surface area contributed by atoms with Crippen LogP contribution in [0.15, 0.2) is 29.2 Å². The van der Waals surface area contributed by atoms with Gasteiger partial charge in [0.15, 0.2) is 0 Å². The van der Waals surface area contributed by atoms with Gasteiger partial charge >= 0.3 is 6.18 Å². The van der Waals surface area contributed by atoms with Crippen LogP contribution in [0.2, 0.25) is 0 Å². The molecular formula is C14H19F3N2S. The Morgan fingerprint density at radius 1 is 1.35 bits per heavy atom. The molecule has 1 fully saturated rings. The monoisotopic (exact) mass is 304 g/mol. The lowest BCUT2D eigenvalue weighted by atomic mass is 10.1. The Morgan fingerprint density at radius 2 is 2.15 bits per heavy atom. The van der Waals surface area contributed by atoms with E-state index in [4.69, 9.17) is 5.73 Å². The molecule has 1 saturated heterocycles. The summed E-state index contributed by atoms with van der Waals surface area (Å²) in [5, 5.41) is 0. The van der Waals surface area contributed by atoms with Crippen LogP contribution in [-0.2, 0) is 6.18 Å². The molecule has 0 spiro atoms. The highest BCUT2D eigenvalue weighted by Gasteiger charge is 2.30. The molecule has 0 saturated carbocycles. The average Bonchev–Trinajstić information content (AvgIpc) is 2.38. The minimum Gasteiger partial charge on any atom is -0.327 e. The van der Waals surface area contributed by atoms with Gasteiger partial charge < -0.3 is 10.6 Å². The van der Waals surface area contributed by atoms with Crippen molar-refractivity contribution >= 4 is 11.8 Å². The molecule has 1 heterocycles. The Bertz CT molecular complexity index is 437. The molecule has 2 rings (SSSR count). The maximum atomic E-state index is 12.6. The van der Waals surface area contributed by atoms with E-state index in [1.165, 1.54) is 23.9 Å². The second-order valence-corrected chi connectivity index (χ2v) is 6.25. The second kappa shape index (κ2) is 6.83. The van der Waals surface area contributed by atoms with E-state index in [0.29, 0.717) is 4.90 Å². The number of nitrogens with zero attached hydrogens (tertiary/aromatic N) is 1. The van der Waals surface area contributed by atoms with Gasteiger partial charge in [0.25, 0.3) is 0 Å². The lowest BCUT2D eigenvalue weighted by Gasteiger charge is -2.30. The summed E-state index contributed by atoms with van der Waals surface area (Å²) in [7, 11) is 0. The number of halogens is 3. The first-order valence-corrected chi connectivity index (χ1v) is 7.72. The first-order valence-electron chi connectivity index (χ1n) is 6.73. The number of hydrogen-bond donors (Lipinski definition) is 1. The SMILES string of the molecule is N[C@@H]1CCCN(CCSc2cccc(C(F)(F)F)c2)C1. The van der Waals surface area contributed by atoms with Gasteiger partial charge in [0.1, 0.15) is 0 Å². The Hall–Kier alpha value is -0.720. The molecule has 0 bridgehead atoms. The molecule has 6 heteroatoms. The minimum absolute atomic E-state index is 0.238. The zero-order chi connectivity index (χ0) is 14.6. The van der Waals surface area contributed by atoms with Crippen LogP contribution in [0.25, 0.3) is 0 Å². The fourth-order valence-electron chi connectivity index (χ4n) is 2.35. The lowest BCUT2D eigenvalue weighted by Crippen LogP contribution is -2.43. The molecule has 1 aromatic rings. The number of thioether (sulfide) groups is 1. The number of alkyl halides is 3. The summed E-state index contributed by atoms with van der Waals surface area (Å²) in [6, 6.07) is 5.74. The maximum Gasteiger partial charge on any atom is 0.416 e. The molecular weight excluding hydrogens is 285 g/mol. The highest BCUT2D eigenvalue weighted by atomic mass is 32.2. The van der Waals surface area contributed by atoms with Crippen molar-refractivity contribution in [3.63, 3.8) is 0 Å². The normalized spacial score (nSPS) is 21.1. The van der Waals surface area contributed by atoms with E-state index in [0.717, 1.165) is 44.3 Å². The van der Waals surface area contributed by atoms with Crippen molar-refractivity contribution in [3.8, 4) is 0 Å². The summed E-state index contributed by atoms with van der Waals surface area (Å²) in [4.78, 5) is 2.95. The third-order valence-corrected chi connectivity index (χ3v) is 4.35. The third kappa shape index (κ3) is 4.68. The van der Waals surface area contributed by atoms with Gasteiger partial charge in [0, 0.05) is 29.8 Å². The summed E-state index contributed by atoms with van der Waals surface area (Å²) in [6.45, 7) is 2.80. The zero-order valence-electron chi connectivity index (χ0n) is 11.2. The van der Waals surface area contributed by atoms with Crippen LogP contribution in [0.4, 0.5) is 13.2 Å². The molecule has 0 amide bonds. The van der Waals surface area contributed by atoms with Crippen molar-refractivity contribution < 1.29 is 13.2 Å². The van der Waals surface area contributed by atoms with Crippen molar-refractivity contribution in [1.82, 2.24) is 4.90 Å². The highest BCUT2D eigenvalue weighted by molar-refractivity contribution is 7.99. The van der Waals surface area contributed by atoms with Gasteiger partial charge in [0.2, 0.25) is 0 Å². The fourth-order valence-corrected chi connectivity index (χ4v) is 3.32. The first kappa shape index (κ1) is 15.7. The third-order valence-electron chi connectivity index (χ3n) is 3.38. The Labute approximate surface area is 121 Å². The fraction of sp³-hybridized carbons (Fsp3) is 0.571. The Kier molecular flexibility index (Phi) is 5.35. The Balaban J connectivity index is 1.82. The van der Waals surface area contributed by atoms with Gasteiger partial charge in [-0.3, -0.25) is 0 Å². The van der Waals surface area contributed by atoms with Gasteiger partial charge in [0.05, 0.1) is 5.56 Å². The largest absolute Gasteiger partial charge is 0.416 e. The van der Waals surface area contributed by atoms with Crippen LogP contribution in [-0.4, -0.2) is 36.3 Å². The van der Waals surface area contributed by atoms with E-state index in [2.05, 4.69) is 4.90 Å². The number of nitrogens with two attached hydrogens (primary N) is 1. The van der Waals surface area contributed by atoms with Crippen molar-refractivity contribution in [3.05, 3.63) is 29.8 Å². The second-order valence-electron chi connectivity index (χ2n) is 5.08. The first-order chi connectivity index (χ1) is 9.45. The van der Waals surface area contributed by atoms with E-state index >= 15 is 0 Å². The molecule has 20 heavy (non-hydrogen) atoms. The van der Waals surface area contributed by atoms with Gasteiger partial charge in [-0.05, 0) is 37.6 Å². The lowest BCUT2D eigenvalue weighted by molar-refractivity contribution is -0.137. The van der Waals surface area contributed by atoms with Crippen LogP contribution < -0.4 is 5.73 Å². The van der Waals surface area contributed by atoms with E-state index in [1.807, 2.05) is 0 Å². The summed E-state index contributed by atoms with van der Waals surface area (Å²) < 4.78 is 37.8. The molecule has 1 atom stereocenters. The van der Waals surface area contributed by atoms with Crippen LogP contribution in [0.3, 0.4) is 0 Å². The maximum absolute atomic E-state index is 12.6. The van der Waals surface area contributed by atoms with Crippen molar-refractivity contribution in [1.29, 1.82) is 0 Å². The number of hydrogen-bond acceptors (Lipinski definition) is 3. The van der Waals surface area contributed by atoms with Crippen molar-refractivity contribution in [2.75, 3.05) is 25.4 Å². The van der Waals surface area contributed by atoms with Crippen molar-refractivity contribution in [2.45, 2.75) is 30.0 Å². The predicted molar refractivity (Wildman–Crippen MR) is 75.8 cm³/mol. The predicted octanol–water partition coefficient (Wildman–Crippen LogP) is 3.22. The standard InChI is InChI=1S/C14H19F3N2S/c15-14(16,17)11-3-1-5-13(9-11)20-8-7-19-6-2-4-12(18)10-19/h1,3,5,9,12H,2,4,6-8,10,18H2/t12-/m1/s1. The smallest absolute Gasteiger partial charge is 0.327 e. The molecule has 2 nitrogen and oxygen atoms in total. The van der Waals surface area contributed by atoms with Crippen molar-refractivity contribution in [2.24, 2.45) is 5.73 Å². The van der Waals surface area contributed by atoms with E-state index in [1.54, 1.807) is 6.07 Å². The molecule has 0 aromatic heterocycles. The van der Waals surface area contributed by atoms with Gasteiger partial charge in [-0.1, -0.05) is 6.07 Å². The Morgan fingerprint density at radius 3 is 2.85 bits per heavy atom. The van der Waals surface area contributed by atoms with E-state index in [9.17, 15) is 13.2 Å². The molecule has 1 aliphatic heterocycles. The van der Waals surface area contributed by atoms with Crippen LogP contribution in [0.1, 0.15) is 18.4 Å².